The number of carbonyl (C=O) groups is 3. The van der Waals surface area contributed by atoms with E-state index in [4.69, 9.17) is 39.5 Å². The normalized spacial score (nSPS) is 11.2. The average Bonchev–Trinajstić information content (AvgIpc) is 3.26. The fourth-order valence-corrected chi connectivity index (χ4v) is 3.80. The fraction of sp³-hybridized carbons (Fsp3) is 0.333. The maximum atomic E-state index is 13.1. The van der Waals surface area contributed by atoms with E-state index < -0.39 is 29.9 Å². The smallest absolute Gasteiger partial charge is 0.306 e. The van der Waals surface area contributed by atoms with Crippen LogP contribution in [0.4, 0.5) is 11.5 Å². The molecule has 0 aliphatic heterocycles. The first-order chi connectivity index (χ1) is 17.5. The van der Waals surface area contributed by atoms with Crippen molar-refractivity contribution in [2.24, 2.45) is 0 Å². The lowest BCUT2D eigenvalue weighted by Crippen LogP contribution is -2.40. The number of ether oxygens (including phenoxy) is 1. The minimum atomic E-state index is -0.621. The van der Waals surface area contributed by atoms with Crippen LogP contribution in [0.1, 0.15) is 32.8 Å². The number of hydrogen-bond acceptors (Lipinski definition) is 7. The monoisotopic (exact) mass is 566 g/mol. The first kappa shape index (κ1) is 28.4. The van der Waals surface area contributed by atoms with Gasteiger partial charge in [-0.2, -0.15) is 0 Å². The highest BCUT2D eigenvalue weighted by atomic mass is 35.5. The fourth-order valence-electron chi connectivity index (χ4n) is 3.35. The molecule has 0 aliphatic carbocycles. The van der Waals surface area contributed by atoms with Gasteiger partial charge in [0.15, 0.2) is 5.15 Å². The molecule has 2 heterocycles. The lowest BCUT2D eigenvalue weighted by atomic mass is 10.1. The van der Waals surface area contributed by atoms with Crippen molar-refractivity contribution in [1.29, 1.82) is 0 Å². The number of aromatic nitrogens is 4. The molecule has 1 N–H and O–H groups in total. The Bertz CT molecular complexity index is 1290. The third-order valence-corrected chi connectivity index (χ3v) is 5.44. The summed E-state index contributed by atoms with van der Waals surface area (Å²) in [5.74, 6) is -1.63. The summed E-state index contributed by atoms with van der Waals surface area (Å²) < 4.78 is 6.74. The molecule has 0 bridgehead atoms. The van der Waals surface area contributed by atoms with Gasteiger partial charge in [0.05, 0.1) is 17.6 Å². The molecule has 13 heteroatoms. The van der Waals surface area contributed by atoms with E-state index >= 15 is 0 Å². The molecule has 3 rings (SSSR count). The predicted octanol–water partition coefficient (Wildman–Crippen LogP) is 4.45. The van der Waals surface area contributed by atoms with Crippen LogP contribution in [0.5, 0.6) is 0 Å². The van der Waals surface area contributed by atoms with E-state index in [2.05, 4.69) is 20.6 Å². The largest absolute Gasteiger partial charge is 0.460 e. The highest BCUT2D eigenvalue weighted by Gasteiger charge is 2.24. The Labute approximate surface area is 228 Å². The van der Waals surface area contributed by atoms with Crippen LogP contribution in [-0.4, -0.2) is 55.8 Å². The Morgan fingerprint density at radius 2 is 1.92 bits per heavy atom. The van der Waals surface area contributed by atoms with Crippen LogP contribution in [0.25, 0.3) is 5.69 Å². The van der Waals surface area contributed by atoms with E-state index in [9.17, 15) is 14.4 Å². The maximum absolute atomic E-state index is 13.1. The minimum absolute atomic E-state index is 0.0669. The van der Waals surface area contributed by atoms with Gasteiger partial charge in [0, 0.05) is 17.6 Å². The maximum Gasteiger partial charge on any atom is 0.306 e. The van der Waals surface area contributed by atoms with Crippen LogP contribution in [0.2, 0.25) is 10.2 Å². The number of nitrogens with one attached hydrogen (secondary N) is 1. The van der Waals surface area contributed by atoms with Crippen LogP contribution < -0.4 is 10.2 Å². The zero-order valence-corrected chi connectivity index (χ0v) is 22.6. The summed E-state index contributed by atoms with van der Waals surface area (Å²) >= 11 is 17.9. The summed E-state index contributed by atoms with van der Waals surface area (Å²) in [5, 5.41) is 10.9. The number of benzene rings is 1. The van der Waals surface area contributed by atoms with Gasteiger partial charge < -0.3 is 10.1 Å². The van der Waals surface area contributed by atoms with Crippen LogP contribution in [0.15, 0.2) is 42.7 Å². The molecule has 37 heavy (non-hydrogen) atoms. The molecule has 2 aromatic heterocycles. The third kappa shape index (κ3) is 8.14. The van der Waals surface area contributed by atoms with Crippen LogP contribution in [0, 0.1) is 0 Å². The molecule has 0 saturated heterocycles. The number of carbonyl (C=O) groups excluding carboxylic acids is 3. The van der Waals surface area contributed by atoms with Crippen molar-refractivity contribution in [2.75, 3.05) is 22.6 Å². The lowest BCUT2D eigenvalue weighted by molar-refractivity contribution is -0.154. The Morgan fingerprint density at radius 1 is 1.16 bits per heavy atom. The standard InChI is InChI=1S/C24H25Cl3N6O4/c1-24(2,3)37-22(36)9-6-15-5-4-10-28-23(15)32(21(35)12-25)14-20(34)29-17-11-16(26)7-8-18(17)33-13-19(27)30-31-33/h4-5,7-8,10-11,13H,6,9,12,14H2,1-3H3,(H,29,34). The molecular weight excluding hydrogens is 543 g/mol. The van der Waals surface area contributed by atoms with Gasteiger partial charge in [-0.3, -0.25) is 19.3 Å². The van der Waals surface area contributed by atoms with Gasteiger partial charge in [-0.25, -0.2) is 9.67 Å². The molecule has 10 nitrogen and oxygen atoms in total. The van der Waals surface area contributed by atoms with Crippen LogP contribution in [0.3, 0.4) is 0 Å². The summed E-state index contributed by atoms with van der Waals surface area (Å²) in [6.07, 6.45) is 3.27. The van der Waals surface area contributed by atoms with Gasteiger partial charge in [-0.05, 0) is 57.0 Å². The van der Waals surface area contributed by atoms with Crippen molar-refractivity contribution in [2.45, 2.75) is 39.2 Å². The number of alkyl halides is 1. The number of amides is 2. The highest BCUT2D eigenvalue weighted by molar-refractivity contribution is 6.31. The topological polar surface area (TPSA) is 119 Å². The molecule has 196 valence electrons. The van der Waals surface area contributed by atoms with E-state index in [1.54, 1.807) is 45.0 Å². The lowest BCUT2D eigenvalue weighted by Gasteiger charge is -2.23. The quantitative estimate of drug-likeness (QED) is 0.300. The predicted molar refractivity (Wildman–Crippen MR) is 141 cm³/mol. The van der Waals surface area contributed by atoms with Gasteiger partial charge >= 0.3 is 5.97 Å². The van der Waals surface area contributed by atoms with Crippen LogP contribution >= 0.6 is 34.8 Å². The molecule has 0 aliphatic rings. The number of halogens is 3. The van der Waals surface area contributed by atoms with Gasteiger partial charge in [0.1, 0.15) is 23.8 Å². The molecule has 1 aromatic carbocycles. The SMILES string of the molecule is CC(C)(C)OC(=O)CCc1cccnc1N(CC(=O)Nc1cc(Cl)ccc1-n1cc(Cl)nn1)C(=O)CCl. The second kappa shape index (κ2) is 12.4. The zero-order valence-electron chi connectivity index (χ0n) is 20.4. The number of nitrogens with zero attached hydrogens (tertiary/aromatic N) is 5. The molecular formula is C24H25Cl3N6O4. The van der Waals surface area contributed by atoms with Gasteiger partial charge in [0.2, 0.25) is 11.8 Å². The van der Waals surface area contributed by atoms with Gasteiger partial charge in [-0.1, -0.05) is 34.5 Å². The molecule has 0 radical (unpaired) electrons. The molecule has 2 amide bonds. The molecule has 0 spiro atoms. The zero-order chi connectivity index (χ0) is 27.2. The van der Waals surface area contributed by atoms with E-state index in [0.29, 0.717) is 22.0 Å². The van der Waals surface area contributed by atoms with Crippen molar-refractivity contribution in [3.05, 3.63) is 58.5 Å². The summed E-state index contributed by atoms with van der Waals surface area (Å²) in [7, 11) is 0. The van der Waals surface area contributed by atoms with Crippen LogP contribution in [-0.2, 0) is 25.5 Å². The summed E-state index contributed by atoms with van der Waals surface area (Å²) in [6.45, 7) is 4.94. The number of anilines is 2. The van der Waals surface area contributed by atoms with E-state index in [1.165, 1.54) is 28.0 Å². The number of pyridine rings is 1. The third-order valence-electron chi connectivity index (χ3n) is 4.80. The van der Waals surface area contributed by atoms with Gasteiger partial charge in [0.25, 0.3) is 0 Å². The van der Waals surface area contributed by atoms with E-state index in [-0.39, 0.29) is 29.7 Å². The number of esters is 1. The summed E-state index contributed by atoms with van der Waals surface area (Å²) in [6, 6.07) is 8.20. The van der Waals surface area contributed by atoms with Crippen molar-refractivity contribution in [3.63, 3.8) is 0 Å². The minimum Gasteiger partial charge on any atom is -0.460 e. The number of hydrogen-bond donors (Lipinski definition) is 1. The summed E-state index contributed by atoms with van der Waals surface area (Å²) in [5.41, 5.74) is 0.747. The Kier molecular flexibility index (Phi) is 9.47. The number of rotatable bonds is 9. The molecule has 0 saturated carbocycles. The van der Waals surface area contributed by atoms with E-state index in [1.807, 2.05) is 0 Å². The first-order valence-electron chi connectivity index (χ1n) is 11.2. The van der Waals surface area contributed by atoms with E-state index in [0.717, 1.165) is 0 Å². The Morgan fingerprint density at radius 3 is 2.57 bits per heavy atom. The van der Waals surface area contributed by atoms with Gasteiger partial charge in [-0.15, -0.1) is 16.7 Å². The molecule has 0 unspecified atom stereocenters. The summed E-state index contributed by atoms with van der Waals surface area (Å²) in [4.78, 5) is 43.5. The first-order valence-corrected chi connectivity index (χ1v) is 12.5. The number of aryl methyl sites for hydroxylation is 1. The van der Waals surface area contributed by atoms with Crippen molar-refractivity contribution in [3.8, 4) is 5.69 Å². The van der Waals surface area contributed by atoms with Crippen molar-refractivity contribution in [1.82, 2.24) is 20.0 Å². The average molecular weight is 568 g/mol. The second-order valence-electron chi connectivity index (χ2n) is 8.88. The molecule has 0 atom stereocenters. The highest BCUT2D eigenvalue weighted by Crippen LogP contribution is 2.26. The van der Waals surface area contributed by atoms with Crippen molar-refractivity contribution < 1.29 is 19.1 Å². The van der Waals surface area contributed by atoms with Crippen molar-refractivity contribution >= 4 is 64.1 Å². The molecule has 0 fully saturated rings. The molecule has 3 aromatic rings. The Hall–Kier alpha value is -3.21. The second-order valence-corrected chi connectivity index (χ2v) is 9.97. The Balaban J connectivity index is 1.82.